The van der Waals surface area contributed by atoms with E-state index in [9.17, 15) is 4.79 Å². The first-order chi connectivity index (χ1) is 11.1. The van der Waals surface area contributed by atoms with E-state index in [2.05, 4.69) is 5.32 Å². The third kappa shape index (κ3) is 5.11. The van der Waals surface area contributed by atoms with Gasteiger partial charge in [-0.25, -0.2) is 0 Å². The largest absolute Gasteiger partial charge is 0.491 e. The van der Waals surface area contributed by atoms with Crippen LogP contribution < -0.4 is 10.1 Å². The van der Waals surface area contributed by atoms with Gasteiger partial charge in [0.15, 0.2) is 0 Å². The molecule has 0 radical (unpaired) electrons. The smallest absolute Gasteiger partial charge is 0.255 e. The van der Waals surface area contributed by atoms with E-state index in [-0.39, 0.29) is 5.91 Å². The van der Waals surface area contributed by atoms with Crippen molar-refractivity contribution < 1.29 is 14.3 Å². The lowest BCUT2D eigenvalue weighted by Crippen LogP contribution is -2.13. The van der Waals surface area contributed by atoms with Crippen LogP contribution in [0.5, 0.6) is 5.75 Å². The van der Waals surface area contributed by atoms with Crippen molar-refractivity contribution in [2.45, 2.75) is 20.8 Å². The van der Waals surface area contributed by atoms with Crippen molar-refractivity contribution in [1.29, 1.82) is 0 Å². The summed E-state index contributed by atoms with van der Waals surface area (Å²) in [5.41, 5.74) is 3.55. The minimum Gasteiger partial charge on any atom is -0.491 e. The Balaban J connectivity index is 2.03. The van der Waals surface area contributed by atoms with E-state index in [1.165, 1.54) is 0 Å². The molecule has 122 valence electrons. The molecule has 0 bridgehead atoms. The number of carbonyl (C=O) groups excluding carboxylic acids is 1. The summed E-state index contributed by atoms with van der Waals surface area (Å²) in [6.07, 6.45) is 0. The highest BCUT2D eigenvalue weighted by Gasteiger charge is 2.09. The van der Waals surface area contributed by atoms with Gasteiger partial charge in [0.2, 0.25) is 0 Å². The van der Waals surface area contributed by atoms with Crippen molar-refractivity contribution in [2.75, 3.05) is 25.1 Å². The molecule has 23 heavy (non-hydrogen) atoms. The molecular formula is C19H23NO3. The second-order valence-electron chi connectivity index (χ2n) is 5.35. The fraction of sp³-hybridized carbons (Fsp3) is 0.316. The molecule has 0 heterocycles. The van der Waals surface area contributed by atoms with Gasteiger partial charge in [-0.2, -0.15) is 0 Å². The zero-order valence-corrected chi connectivity index (χ0v) is 13.9. The summed E-state index contributed by atoms with van der Waals surface area (Å²) in [5.74, 6) is 0.521. The maximum absolute atomic E-state index is 12.4. The van der Waals surface area contributed by atoms with Gasteiger partial charge in [-0.15, -0.1) is 0 Å². The van der Waals surface area contributed by atoms with Gasteiger partial charge in [-0.1, -0.05) is 18.2 Å². The third-order valence-electron chi connectivity index (χ3n) is 3.44. The maximum Gasteiger partial charge on any atom is 0.255 e. The van der Waals surface area contributed by atoms with Crippen LogP contribution >= 0.6 is 0 Å². The molecule has 2 aromatic carbocycles. The Morgan fingerprint density at radius 1 is 1.09 bits per heavy atom. The Kier molecular flexibility index (Phi) is 6.18. The van der Waals surface area contributed by atoms with Crippen LogP contribution in [-0.4, -0.2) is 25.7 Å². The van der Waals surface area contributed by atoms with Crippen LogP contribution in [-0.2, 0) is 4.74 Å². The van der Waals surface area contributed by atoms with E-state index in [0.29, 0.717) is 31.1 Å². The van der Waals surface area contributed by atoms with E-state index in [1.54, 1.807) is 12.1 Å². The van der Waals surface area contributed by atoms with Gasteiger partial charge in [-0.05, 0) is 56.2 Å². The zero-order chi connectivity index (χ0) is 16.7. The number of hydrogen-bond acceptors (Lipinski definition) is 3. The van der Waals surface area contributed by atoms with E-state index < -0.39 is 0 Å². The predicted octanol–water partition coefficient (Wildman–Crippen LogP) is 3.97. The molecule has 4 nitrogen and oxygen atoms in total. The van der Waals surface area contributed by atoms with E-state index >= 15 is 0 Å². The molecule has 0 aliphatic heterocycles. The molecule has 0 aliphatic carbocycles. The number of hydrogen-bond donors (Lipinski definition) is 1. The van der Waals surface area contributed by atoms with E-state index in [4.69, 9.17) is 9.47 Å². The molecule has 0 fully saturated rings. The quantitative estimate of drug-likeness (QED) is 0.787. The Morgan fingerprint density at radius 2 is 1.91 bits per heavy atom. The molecule has 1 N–H and O–H groups in total. The van der Waals surface area contributed by atoms with Crippen LogP contribution in [0.1, 0.15) is 28.4 Å². The minimum atomic E-state index is -0.144. The maximum atomic E-state index is 12.4. The van der Waals surface area contributed by atoms with E-state index in [1.807, 2.05) is 51.1 Å². The lowest BCUT2D eigenvalue weighted by molar-refractivity contribution is 0.102. The highest BCUT2D eigenvalue weighted by Crippen LogP contribution is 2.19. The first kappa shape index (κ1) is 17.0. The lowest BCUT2D eigenvalue weighted by atomic mass is 10.1. The van der Waals surface area contributed by atoms with Crippen molar-refractivity contribution in [3.63, 3.8) is 0 Å². The Hall–Kier alpha value is -2.33. The standard InChI is InChI=1S/C19H23NO3/c1-4-22-10-11-23-17-7-5-6-16(13-17)19(21)20-18-12-14(2)8-9-15(18)3/h5-9,12-13H,4,10-11H2,1-3H3,(H,20,21). The van der Waals surface area contributed by atoms with Crippen molar-refractivity contribution in [2.24, 2.45) is 0 Å². The monoisotopic (exact) mass is 313 g/mol. The number of benzene rings is 2. The fourth-order valence-electron chi connectivity index (χ4n) is 2.15. The van der Waals surface area contributed by atoms with Gasteiger partial charge < -0.3 is 14.8 Å². The van der Waals surface area contributed by atoms with Gasteiger partial charge in [0.05, 0.1) is 6.61 Å². The molecule has 0 atom stereocenters. The van der Waals surface area contributed by atoms with Gasteiger partial charge in [0, 0.05) is 17.9 Å². The first-order valence-electron chi connectivity index (χ1n) is 7.79. The summed E-state index contributed by atoms with van der Waals surface area (Å²) >= 11 is 0. The van der Waals surface area contributed by atoms with Crippen LogP contribution in [0.3, 0.4) is 0 Å². The number of anilines is 1. The molecule has 0 saturated heterocycles. The number of aryl methyl sites for hydroxylation is 2. The molecule has 0 saturated carbocycles. The van der Waals surface area contributed by atoms with Crippen LogP contribution in [0.15, 0.2) is 42.5 Å². The lowest BCUT2D eigenvalue weighted by Gasteiger charge is -2.11. The fourth-order valence-corrected chi connectivity index (χ4v) is 2.15. The summed E-state index contributed by atoms with van der Waals surface area (Å²) in [7, 11) is 0. The molecule has 0 aromatic heterocycles. The van der Waals surface area contributed by atoms with Crippen LogP contribution in [0.4, 0.5) is 5.69 Å². The van der Waals surface area contributed by atoms with Gasteiger partial charge in [-0.3, -0.25) is 4.79 Å². The number of carbonyl (C=O) groups is 1. The number of rotatable bonds is 7. The van der Waals surface area contributed by atoms with Gasteiger partial charge in [0.25, 0.3) is 5.91 Å². The average molecular weight is 313 g/mol. The molecular weight excluding hydrogens is 290 g/mol. The topological polar surface area (TPSA) is 47.6 Å². The van der Waals surface area contributed by atoms with Crippen molar-refractivity contribution in [3.8, 4) is 5.75 Å². The van der Waals surface area contributed by atoms with Crippen molar-refractivity contribution >= 4 is 11.6 Å². The zero-order valence-electron chi connectivity index (χ0n) is 13.9. The van der Waals surface area contributed by atoms with Crippen LogP contribution in [0.2, 0.25) is 0 Å². The Morgan fingerprint density at radius 3 is 2.70 bits per heavy atom. The predicted molar refractivity (Wildman–Crippen MR) is 92.3 cm³/mol. The molecule has 0 aliphatic rings. The SMILES string of the molecule is CCOCCOc1cccc(C(=O)Nc2cc(C)ccc2C)c1. The Bertz CT molecular complexity index is 667. The normalized spacial score (nSPS) is 10.4. The highest BCUT2D eigenvalue weighted by molar-refractivity contribution is 6.04. The summed E-state index contributed by atoms with van der Waals surface area (Å²) in [5, 5.41) is 2.95. The van der Waals surface area contributed by atoms with Crippen molar-refractivity contribution in [3.05, 3.63) is 59.2 Å². The molecule has 2 rings (SSSR count). The summed E-state index contributed by atoms with van der Waals surface area (Å²) in [6.45, 7) is 7.59. The Labute approximate surface area is 137 Å². The molecule has 0 spiro atoms. The second kappa shape index (κ2) is 8.34. The number of amides is 1. The molecule has 0 unspecified atom stereocenters. The summed E-state index contributed by atoms with van der Waals surface area (Å²) in [6, 6.07) is 13.2. The molecule has 2 aromatic rings. The summed E-state index contributed by atoms with van der Waals surface area (Å²) in [4.78, 5) is 12.4. The van der Waals surface area contributed by atoms with Crippen LogP contribution in [0.25, 0.3) is 0 Å². The molecule has 1 amide bonds. The number of ether oxygens (including phenoxy) is 2. The average Bonchev–Trinajstić information content (AvgIpc) is 2.55. The minimum absolute atomic E-state index is 0.144. The summed E-state index contributed by atoms with van der Waals surface area (Å²) < 4.78 is 10.8. The highest BCUT2D eigenvalue weighted by atomic mass is 16.5. The van der Waals surface area contributed by atoms with Gasteiger partial charge in [0.1, 0.15) is 12.4 Å². The van der Waals surface area contributed by atoms with E-state index in [0.717, 1.165) is 16.8 Å². The molecule has 4 heteroatoms. The number of nitrogens with one attached hydrogen (secondary N) is 1. The van der Waals surface area contributed by atoms with Crippen molar-refractivity contribution in [1.82, 2.24) is 0 Å². The second-order valence-corrected chi connectivity index (χ2v) is 5.35. The van der Waals surface area contributed by atoms with Crippen LogP contribution in [0, 0.1) is 13.8 Å². The third-order valence-corrected chi connectivity index (χ3v) is 3.44. The van der Waals surface area contributed by atoms with Gasteiger partial charge >= 0.3 is 0 Å². The first-order valence-corrected chi connectivity index (χ1v) is 7.79.